The van der Waals surface area contributed by atoms with Gasteiger partial charge in [0.05, 0.1) is 0 Å². The average Bonchev–Trinajstić information content (AvgIpc) is 2.18. The summed E-state index contributed by atoms with van der Waals surface area (Å²) >= 11 is 0. The van der Waals surface area contributed by atoms with Gasteiger partial charge in [-0.05, 0) is 25.3 Å². The third-order valence-electron chi connectivity index (χ3n) is 2.50. The van der Waals surface area contributed by atoms with Crippen LogP contribution in [-0.2, 0) is 10.2 Å². The molecule has 1 saturated heterocycles. The van der Waals surface area contributed by atoms with Crippen molar-refractivity contribution in [1.82, 2.24) is 9.03 Å². The fraction of sp³-hybridized carbons (Fsp3) is 1.00. The van der Waals surface area contributed by atoms with E-state index in [4.69, 9.17) is 5.73 Å². The van der Waals surface area contributed by atoms with Crippen molar-refractivity contribution in [1.29, 1.82) is 0 Å². The van der Waals surface area contributed by atoms with Gasteiger partial charge in [-0.1, -0.05) is 0 Å². The quantitative estimate of drug-likeness (QED) is 0.705. The zero-order valence-corrected chi connectivity index (χ0v) is 9.90. The highest BCUT2D eigenvalue weighted by atomic mass is 35.5. The van der Waals surface area contributed by atoms with E-state index in [0.29, 0.717) is 25.6 Å². The topological polar surface area (TPSA) is 75.4 Å². The summed E-state index contributed by atoms with van der Waals surface area (Å²) in [6.45, 7) is 1.84. The van der Waals surface area contributed by atoms with Crippen LogP contribution in [0.1, 0.15) is 12.8 Å². The third-order valence-corrected chi connectivity index (χ3v) is 4.07. The Morgan fingerprint density at radius 1 is 1.43 bits per heavy atom. The maximum Gasteiger partial charge on any atom is 0.279 e. The highest BCUT2D eigenvalue weighted by molar-refractivity contribution is 7.87. The van der Waals surface area contributed by atoms with Crippen molar-refractivity contribution in [3.63, 3.8) is 0 Å². The molecule has 3 N–H and O–H groups in total. The predicted molar refractivity (Wildman–Crippen MR) is 58.6 cm³/mol. The summed E-state index contributed by atoms with van der Waals surface area (Å²) in [5, 5.41) is 0. The van der Waals surface area contributed by atoms with Crippen molar-refractivity contribution in [3.8, 4) is 0 Å². The molecule has 86 valence electrons. The molecule has 5 nitrogen and oxygen atoms in total. The monoisotopic (exact) mass is 243 g/mol. The van der Waals surface area contributed by atoms with E-state index in [-0.39, 0.29) is 12.4 Å². The highest BCUT2D eigenvalue weighted by Crippen LogP contribution is 2.17. The lowest BCUT2D eigenvalue weighted by Crippen LogP contribution is -2.44. The minimum atomic E-state index is -3.21. The minimum Gasteiger partial charge on any atom is -0.330 e. The van der Waals surface area contributed by atoms with Crippen LogP contribution in [-0.4, -0.2) is 39.4 Å². The van der Waals surface area contributed by atoms with Gasteiger partial charge in [0.25, 0.3) is 10.2 Å². The van der Waals surface area contributed by atoms with Crippen molar-refractivity contribution in [2.75, 3.05) is 26.7 Å². The molecule has 1 aliphatic rings. The molecule has 0 spiro atoms. The summed E-state index contributed by atoms with van der Waals surface area (Å²) in [6.07, 6.45) is 1.74. The van der Waals surface area contributed by atoms with Gasteiger partial charge in [-0.3, -0.25) is 0 Å². The number of hydrogen-bond acceptors (Lipinski definition) is 3. The molecule has 7 heteroatoms. The Bertz CT molecular complexity index is 250. The lowest BCUT2D eigenvalue weighted by molar-refractivity contribution is 0.276. The van der Waals surface area contributed by atoms with Gasteiger partial charge >= 0.3 is 0 Å². The van der Waals surface area contributed by atoms with E-state index in [9.17, 15) is 8.42 Å². The molecular weight excluding hydrogens is 226 g/mol. The number of halogens is 1. The van der Waals surface area contributed by atoms with Gasteiger partial charge < -0.3 is 5.73 Å². The third kappa shape index (κ3) is 3.36. The highest BCUT2D eigenvalue weighted by Gasteiger charge is 2.25. The molecule has 1 rings (SSSR count). The van der Waals surface area contributed by atoms with E-state index in [1.54, 1.807) is 0 Å². The Morgan fingerprint density at radius 2 is 1.93 bits per heavy atom. The summed E-state index contributed by atoms with van der Waals surface area (Å²) in [4.78, 5) is 0. The van der Waals surface area contributed by atoms with Crippen LogP contribution in [0.2, 0.25) is 0 Å². The van der Waals surface area contributed by atoms with Crippen LogP contribution in [0.25, 0.3) is 0 Å². The Morgan fingerprint density at radius 3 is 2.29 bits per heavy atom. The SMILES string of the molecule is CNS(=O)(=O)N1CCC(CN)CC1.Cl. The van der Waals surface area contributed by atoms with Crippen LogP contribution in [0.5, 0.6) is 0 Å². The molecule has 0 radical (unpaired) electrons. The van der Waals surface area contributed by atoms with Gasteiger partial charge in [-0.2, -0.15) is 12.7 Å². The largest absolute Gasteiger partial charge is 0.330 e. The summed E-state index contributed by atoms with van der Waals surface area (Å²) in [5.41, 5.74) is 5.51. The summed E-state index contributed by atoms with van der Waals surface area (Å²) < 4.78 is 26.4. The normalized spacial score (nSPS) is 20.4. The summed E-state index contributed by atoms with van der Waals surface area (Å²) in [7, 11) is -1.78. The molecule has 0 unspecified atom stereocenters. The number of nitrogens with two attached hydrogens (primary N) is 1. The Balaban J connectivity index is 0.00000169. The van der Waals surface area contributed by atoms with Crippen LogP contribution < -0.4 is 10.5 Å². The van der Waals surface area contributed by atoms with Crippen LogP contribution in [0.15, 0.2) is 0 Å². The number of nitrogens with zero attached hydrogens (tertiary/aromatic N) is 1. The van der Waals surface area contributed by atoms with Crippen molar-refractivity contribution in [2.45, 2.75) is 12.8 Å². The fourth-order valence-electron chi connectivity index (χ4n) is 1.51. The second kappa shape index (κ2) is 5.87. The first-order valence-corrected chi connectivity index (χ1v) is 5.93. The van der Waals surface area contributed by atoms with Crippen molar-refractivity contribution < 1.29 is 8.42 Å². The van der Waals surface area contributed by atoms with Crippen LogP contribution in [0, 0.1) is 5.92 Å². The fourth-order valence-corrected chi connectivity index (χ4v) is 2.46. The molecule has 0 bridgehead atoms. The van der Waals surface area contributed by atoms with E-state index in [1.807, 2.05) is 0 Å². The zero-order valence-electron chi connectivity index (χ0n) is 8.27. The molecule has 0 aliphatic carbocycles. The van der Waals surface area contributed by atoms with E-state index in [0.717, 1.165) is 12.8 Å². The van der Waals surface area contributed by atoms with E-state index >= 15 is 0 Å². The summed E-state index contributed by atoms with van der Waals surface area (Å²) in [6, 6.07) is 0. The first-order valence-electron chi connectivity index (χ1n) is 4.49. The number of piperidine rings is 1. The maximum absolute atomic E-state index is 11.3. The van der Waals surface area contributed by atoms with Gasteiger partial charge in [-0.25, -0.2) is 4.72 Å². The lowest BCUT2D eigenvalue weighted by atomic mass is 9.99. The number of hydrogen-bond donors (Lipinski definition) is 2. The first-order chi connectivity index (χ1) is 6.10. The second-order valence-electron chi connectivity index (χ2n) is 3.29. The van der Waals surface area contributed by atoms with Crippen LogP contribution in [0.4, 0.5) is 0 Å². The minimum absolute atomic E-state index is 0. The van der Waals surface area contributed by atoms with Gasteiger partial charge in [-0.15, -0.1) is 12.4 Å². The van der Waals surface area contributed by atoms with Gasteiger partial charge in [0.2, 0.25) is 0 Å². The Hall–Kier alpha value is 0.120. The standard InChI is InChI=1S/C7H17N3O2S.ClH/c1-9-13(11,12)10-4-2-7(6-8)3-5-10;/h7,9H,2-6,8H2,1H3;1H. The first kappa shape index (κ1) is 14.1. The second-order valence-corrected chi connectivity index (χ2v) is 5.16. The smallest absolute Gasteiger partial charge is 0.279 e. The molecule has 0 aromatic carbocycles. The number of nitrogens with one attached hydrogen (secondary N) is 1. The predicted octanol–water partition coefficient (Wildman–Crippen LogP) is -0.457. The van der Waals surface area contributed by atoms with E-state index in [2.05, 4.69) is 4.72 Å². The molecule has 0 amide bonds. The van der Waals surface area contributed by atoms with Crippen molar-refractivity contribution in [2.24, 2.45) is 11.7 Å². The molecule has 1 aliphatic heterocycles. The van der Waals surface area contributed by atoms with E-state index < -0.39 is 10.2 Å². The van der Waals surface area contributed by atoms with Crippen LogP contribution >= 0.6 is 12.4 Å². The molecule has 0 aromatic rings. The Labute approximate surface area is 91.6 Å². The molecule has 0 atom stereocenters. The molecule has 0 saturated carbocycles. The molecule has 14 heavy (non-hydrogen) atoms. The Kier molecular flexibility index (Phi) is 5.92. The molecular formula is C7H18ClN3O2S. The zero-order chi connectivity index (χ0) is 9.90. The lowest BCUT2D eigenvalue weighted by Gasteiger charge is -2.29. The van der Waals surface area contributed by atoms with Gasteiger partial charge in [0.15, 0.2) is 0 Å². The van der Waals surface area contributed by atoms with Crippen molar-refractivity contribution >= 4 is 22.6 Å². The number of rotatable bonds is 3. The van der Waals surface area contributed by atoms with E-state index in [1.165, 1.54) is 11.4 Å². The van der Waals surface area contributed by atoms with Gasteiger partial charge in [0, 0.05) is 20.1 Å². The van der Waals surface area contributed by atoms with Gasteiger partial charge in [0.1, 0.15) is 0 Å². The molecule has 1 heterocycles. The average molecular weight is 244 g/mol. The maximum atomic E-state index is 11.3. The molecule has 1 fully saturated rings. The van der Waals surface area contributed by atoms with Crippen LogP contribution in [0.3, 0.4) is 0 Å². The molecule has 0 aromatic heterocycles. The van der Waals surface area contributed by atoms with Crippen molar-refractivity contribution in [3.05, 3.63) is 0 Å². The summed E-state index contributed by atoms with van der Waals surface area (Å²) in [5.74, 6) is 0.489.